The van der Waals surface area contributed by atoms with E-state index >= 15 is 0 Å². The molecule has 178 valence electrons. The van der Waals surface area contributed by atoms with Gasteiger partial charge in [-0.2, -0.15) is 0 Å². The van der Waals surface area contributed by atoms with Gasteiger partial charge in [0.15, 0.2) is 0 Å². The number of amides is 2. The fraction of sp³-hybridized carbons (Fsp3) is 0.0667. The van der Waals surface area contributed by atoms with E-state index in [-0.39, 0.29) is 24.0 Å². The maximum atomic E-state index is 13.4. The number of hydrogen-bond acceptors (Lipinski definition) is 3. The molecule has 2 N–H and O–H groups in total. The zero-order valence-electron chi connectivity index (χ0n) is 19.3. The van der Waals surface area contributed by atoms with E-state index in [9.17, 15) is 9.59 Å². The first-order valence-electron chi connectivity index (χ1n) is 11.6. The summed E-state index contributed by atoms with van der Waals surface area (Å²) >= 11 is 5.95. The summed E-state index contributed by atoms with van der Waals surface area (Å²) in [4.78, 5) is 26.5. The molecule has 2 amide bonds. The van der Waals surface area contributed by atoms with E-state index in [1.165, 1.54) is 0 Å². The molecule has 5 nitrogen and oxygen atoms in total. The van der Waals surface area contributed by atoms with E-state index < -0.39 is 5.91 Å². The predicted octanol–water partition coefficient (Wildman–Crippen LogP) is 7.50. The molecule has 0 saturated carbocycles. The summed E-state index contributed by atoms with van der Waals surface area (Å²) in [6.07, 6.45) is 0.200. The van der Waals surface area contributed by atoms with Gasteiger partial charge in [0, 0.05) is 28.4 Å². The Kier molecular flexibility index (Phi) is 6.83. The Morgan fingerprint density at radius 2 is 1.31 bits per heavy atom. The van der Waals surface area contributed by atoms with Gasteiger partial charge in [-0.05, 0) is 47.5 Å². The van der Waals surface area contributed by atoms with Crippen molar-refractivity contribution >= 4 is 45.8 Å². The predicted molar refractivity (Wildman–Crippen MR) is 144 cm³/mol. The second-order valence-electron chi connectivity index (χ2n) is 8.39. The first kappa shape index (κ1) is 23.4. The number of carbonyl (C=O) groups is 2. The van der Waals surface area contributed by atoms with E-state index in [4.69, 9.17) is 16.0 Å². The summed E-state index contributed by atoms with van der Waals surface area (Å²) in [6.45, 7) is 0. The monoisotopic (exact) mass is 494 g/mol. The fourth-order valence-electron chi connectivity index (χ4n) is 4.23. The number of anilines is 2. The van der Waals surface area contributed by atoms with E-state index in [0.29, 0.717) is 27.4 Å². The molecule has 0 aliphatic rings. The first-order chi connectivity index (χ1) is 17.6. The van der Waals surface area contributed by atoms with Crippen molar-refractivity contribution in [2.75, 3.05) is 10.6 Å². The van der Waals surface area contributed by atoms with Crippen LogP contribution in [0, 0.1) is 0 Å². The molecule has 1 aromatic heterocycles. The van der Waals surface area contributed by atoms with Crippen molar-refractivity contribution in [1.82, 2.24) is 0 Å². The van der Waals surface area contributed by atoms with Gasteiger partial charge in [-0.3, -0.25) is 9.59 Å². The molecule has 0 bridgehead atoms. The summed E-state index contributed by atoms with van der Waals surface area (Å²) in [5.41, 5.74) is 3.50. The molecule has 0 unspecified atom stereocenters. The van der Waals surface area contributed by atoms with Crippen LogP contribution in [0.25, 0.3) is 11.0 Å². The number of carbonyl (C=O) groups excluding carboxylic acids is 2. The summed E-state index contributed by atoms with van der Waals surface area (Å²) in [7, 11) is 0. The van der Waals surface area contributed by atoms with Gasteiger partial charge in [-0.1, -0.05) is 84.4 Å². The average molecular weight is 495 g/mol. The van der Waals surface area contributed by atoms with Crippen molar-refractivity contribution in [1.29, 1.82) is 0 Å². The molecule has 0 aliphatic heterocycles. The lowest BCUT2D eigenvalue weighted by Gasteiger charge is -2.18. The zero-order valence-corrected chi connectivity index (χ0v) is 20.0. The molecular formula is C30H23ClN2O3. The third kappa shape index (κ3) is 5.16. The fourth-order valence-corrected chi connectivity index (χ4v) is 4.35. The first-order valence-corrected chi connectivity index (χ1v) is 11.9. The molecule has 0 spiro atoms. The average Bonchev–Trinajstić information content (AvgIpc) is 3.28. The van der Waals surface area contributed by atoms with Crippen LogP contribution in [0.15, 0.2) is 114 Å². The zero-order chi connectivity index (χ0) is 24.9. The van der Waals surface area contributed by atoms with Crippen molar-refractivity contribution in [2.45, 2.75) is 12.3 Å². The minimum atomic E-state index is -0.466. The maximum absolute atomic E-state index is 13.4. The second-order valence-corrected chi connectivity index (χ2v) is 8.83. The largest absolute Gasteiger partial charge is 0.449 e. The maximum Gasteiger partial charge on any atom is 0.293 e. The van der Waals surface area contributed by atoms with Crippen molar-refractivity contribution in [3.63, 3.8) is 0 Å². The molecule has 0 aliphatic carbocycles. The molecule has 0 fully saturated rings. The Labute approximate surface area is 213 Å². The van der Waals surface area contributed by atoms with Gasteiger partial charge < -0.3 is 15.1 Å². The number of rotatable bonds is 7. The number of hydrogen-bond donors (Lipinski definition) is 2. The Hall–Kier alpha value is -4.35. The quantitative estimate of drug-likeness (QED) is 0.246. The SMILES string of the molecule is O=C(CC(c1ccccc1)c1ccccc1)Nc1c(C(=O)Nc2ccc(Cl)cc2)oc2ccccc12. The van der Waals surface area contributed by atoms with E-state index in [0.717, 1.165) is 11.1 Å². The van der Waals surface area contributed by atoms with Crippen molar-refractivity contribution in [3.05, 3.63) is 131 Å². The van der Waals surface area contributed by atoms with Crippen LogP contribution in [0.1, 0.15) is 34.0 Å². The Morgan fingerprint density at radius 1 is 0.722 bits per heavy atom. The van der Waals surface area contributed by atoms with Crippen LogP contribution in [0.2, 0.25) is 5.02 Å². The summed E-state index contributed by atoms with van der Waals surface area (Å²) in [5, 5.41) is 7.00. The molecule has 0 saturated heterocycles. The number of furan rings is 1. The molecule has 36 heavy (non-hydrogen) atoms. The smallest absolute Gasteiger partial charge is 0.293 e. The number of fused-ring (bicyclic) bond motifs is 1. The highest BCUT2D eigenvalue weighted by molar-refractivity contribution is 6.30. The van der Waals surface area contributed by atoms with Gasteiger partial charge in [-0.25, -0.2) is 0 Å². The number of benzene rings is 4. The lowest BCUT2D eigenvalue weighted by molar-refractivity contribution is -0.116. The lowest BCUT2D eigenvalue weighted by Crippen LogP contribution is -2.19. The number of para-hydroxylation sites is 1. The molecular weight excluding hydrogens is 472 g/mol. The lowest BCUT2D eigenvalue weighted by atomic mass is 9.88. The highest BCUT2D eigenvalue weighted by Crippen LogP contribution is 2.33. The third-order valence-electron chi connectivity index (χ3n) is 5.96. The molecule has 4 aromatic carbocycles. The van der Waals surface area contributed by atoms with Gasteiger partial charge in [0.1, 0.15) is 11.3 Å². The van der Waals surface area contributed by atoms with Crippen molar-refractivity contribution in [3.8, 4) is 0 Å². The van der Waals surface area contributed by atoms with Crippen LogP contribution in [-0.2, 0) is 4.79 Å². The van der Waals surface area contributed by atoms with Gasteiger partial charge in [-0.15, -0.1) is 0 Å². The van der Waals surface area contributed by atoms with Gasteiger partial charge in [0.2, 0.25) is 11.7 Å². The van der Waals surface area contributed by atoms with Gasteiger partial charge in [0.05, 0.1) is 0 Å². The van der Waals surface area contributed by atoms with Crippen LogP contribution < -0.4 is 10.6 Å². The minimum absolute atomic E-state index is 0.0375. The van der Waals surface area contributed by atoms with Crippen LogP contribution in [0.5, 0.6) is 0 Å². The third-order valence-corrected chi connectivity index (χ3v) is 6.21. The van der Waals surface area contributed by atoms with Crippen LogP contribution in [-0.4, -0.2) is 11.8 Å². The van der Waals surface area contributed by atoms with E-state index in [1.807, 2.05) is 78.9 Å². The highest BCUT2D eigenvalue weighted by atomic mass is 35.5. The normalized spacial score (nSPS) is 10.9. The molecule has 5 aromatic rings. The molecule has 0 atom stereocenters. The Bertz CT molecular complexity index is 1460. The standard InChI is InChI=1S/C30H23ClN2O3/c31-22-15-17-23(18-16-22)32-30(35)29-28(24-13-7-8-14-26(24)36-29)33-27(34)19-25(20-9-3-1-4-10-20)21-11-5-2-6-12-21/h1-18,25H,19H2,(H,32,35)(H,33,34). The van der Waals surface area contributed by atoms with Crippen LogP contribution in [0.4, 0.5) is 11.4 Å². The Morgan fingerprint density at radius 3 is 1.94 bits per heavy atom. The molecule has 0 radical (unpaired) electrons. The summed E-state index contributed by atoms with van der Waals surface area (Å²) in [6, 6.07) is 33.8. The van der Waals surface area contributed by atoms with Gasteiger partial charge >= 0.3 is 0 Å². The minimum Gasteiger partial charge on any atom is -0.449 e. The van der Waals surface area contributed by atoms with Crippen LogP contribution in [0.3, 0.4) is 0 Å². The molecule has 6 heteroatoms. The van der Waals surface area contributed by atoms with E-state index in [1.54, 1.807) is 30.3 Å². The number of nitrogens with one attached hydrogen (secondary N) is 2. The highest BCUT2D eigenvalue weighted by Gasteiger charge is 2.24. The Balaban J connectivity index is 1.44. The summed E-state index contributed by atoms with van der Waals surface area (Å²) in [5.74, 6) is -0.793. The molecule has 1 heterocycles. The van der Waals surface area contributed by atoms with Crippen molar-refractivity contribution in [2.24, 2.45) is 0 Å². The van der Waals surface area contributed by atoms with Crippen LogP contribution >= 0.6 is 11.6 Å². The number of halogens is 1. The summed E-state index contributed by atoms with van der Waals surface area (Å²) < 4.78 is 5.88. The second kappa shape index (κ2) is 10.5. The van der Waals surface area contributed by atoms with Gasteiger partial charge in [0.25, 0.3) is 5.91 Å². The van der Waals surface area contributed by atoms with E-state index in [2.05, 4.69) is 10.6 Å². The molecule has 5 rings (SSSR count). The van der Waals surface area contributed by atoms with Crippen molar-refractivity contribution < 1.29 is 14.0 Å². The topological polar surface area (TPSA) is 71.3 Å².